The van der Waals surface area contributed by atoms with Crippen molar-refractivity contribution in [3.8, 4) is 5.75 Å². The van der Waals surface area contributed by atoms with Crippen molar-refractivity contribution in [3.05, 3.63) is 53.0 Å². The lowest BCUT2D eigenvalue weighted by atomic mass is 10.2. The van der Waals surface area contributed by atoms with Gasteiger partial charge in [-0.25, -0.2) is 4.98 Å². The molecule has 0 bridgehead atoms. The van der Waals surface area contributed by atoms with Crippen LogP contribution in [-0.4, -0.2) is 49.7 Å². The highest BCUT2D eigenvalue weighted by Gasteiger charge is 2.21. The quantitative estimate of drug-likeness (QED) is 0.733. The van der Waals surface area contributed by atoms with Crippen LogP contribution in [-0.2, 0) is 0 Å². The molecule has 1 aliphatic rings. The first-order valence-electron chi connectivity index (χ1n) is 9.37. The first kappa shape index (κ1) is 18.2. The second-order valence-electron chi connectivity index (χ2n) is 7.07. The van der Waals surface area contributed by atoms with Gasteiger partial charge in [0.2, 0.25) is 0 Å². The molecule has 0 amide bonds. The highest BCUT2D eigenvalue weighted by molar-refractivity contribution is 7.18. The third-order valence-corrected chi connectivity index (χ3v) is 6.35. The van der Waals surface area contributed by atoms with E-state index in [-0.39, 0.29) is 6.04 Å². The van der Waals surface area contributed by atoms with Gasteiger partial charge in [0.15, 0.2) is 0 Å². The molecule has 3 aromatic rings. The van der Waals surface area contributed by atoms with Crippen LogP contribution in [0, 0.1) is 6.92 Å². The smallest absolute Gasteiger partial charge is 0.120 e. The fourth-order valence-corrected chi connectivity index (χ4v) is 4.65. The summed E-state index contributed by atoms with van der Waals surface area (Å²) in [6.07, 6.45) is 0. The number of piperazine rings is 1. The van der Waals surface area contributed by atoms with E-state index in [9.17, 15) is 0 Å². The Hall–Kier alpha value is -2.15. The molecule has 2 aromatic carbocycles. The summed E-state index contributed by atoms with van der Waals surface area (Å²) in [4.78, 5) is 9.65. The van der Waals surface area contributed by atoms with Crippen LogP contribution in [0.1, 0.15) is 16.6 Å². The van der Waals surface area contributed by atoms with Crippen LogP contribution < -0.4 is 15.4 Å². The van der Waals surface area contributed by atoms with E-state index in [1.165, 1.54) is 16.0 Å². The molecule has 2 N–H and O–H groups in total. The van der Waals surface area contributed by atoms with E-state index in [0.717, 1.165) is 49.0 Å². The Morgan fingerprint density at radius 3 is 2.67 bits per heavy atom. The van der Waals surface area contributed by atoms with Crippen LogP contribution in [0.15, 0.2) is 42.5 Å². The minimum absolute atomic E-state index is 0.0369. The molecule has 1 aromatic heterocycles. The Morgan fingerprint density at radius 2 is 1.93 bits per heavy atom. The van der Waals surface area contributed by atoms with Crippen molar-refractivity contribution < 1.29 is 4.74 Å². The number of nitrogens with two attached hydrogens (primary N) is 1. The number of ether oxygens (including phenoxy) is 1. The van der Waals surface area contributed by atoms with Crippen LogP contribution in [0.3, 0.4) is 0 Å². The Bertz CT molecular complexity index is 917. The molecular weight excluding hydrogens is 356 g/mol. The maximum absolute atomic E-state index is 6.50. The van der Waals surface area contributed by atoms with E-state index >= 15 is 0 Å². The number of aromatic nitrogens is 1. The number of methoxy groups -OCH3 is 1. The monoisotopic (exact) mass is 382 g/mol. The summed E-state index contributed by atoms with van der Waals surface area (Å²) >= 11 is 1.72. The zero-order valence-corrected chi connectivity index (χ0v) is 16.7. The molecule has 0 aliphatic carbocycles. The van der Waals surface area contributed by atoms with Gasteiger partial charge < -0.3 is 15.4 Å². The molecule has 142 valence electrons. The highest BCUT2D eigenvalue weighted by atomic mass is 32.1. The summed E-state index contributed by atoms with van der Waals surface area (Å²) in [5.41, 5.74) is 10.0. The number of hydrogen-bond acceptors (Lipinski definition) is 6. The summed E-state index contributed by atoms with van der Waals surface area (Å²) < 4.78 is 6.57. The average Bonchev–Trinajstić information content (AvgIpc) is 3.15. The normalized spacial score (nSPS) is 16.6. The molecule has 0 spiro atoms. The van der Waals surface area contributed by atoms with E-state index < -0.39 is 0 Å². The van der Waals surface area contributed by atoms with Gasteiger partial charge in [0.25, 0.3) is 0 Å². The lowest BCUT2D eigenvalue weighted by Gasteiger charge is -2.37. The van der Waals surface area contributed by atoms with Gasteiger partial charge in [0, 0.05) is 44.5 Å². The van der Waals surface area contributed by atoms with Crippen molar-refractivity contribution in [2.45, 2.75) is 13.0 Å². The first-order valence-corrected chi connectivity index (χ1v) is 10.2. The Balaban J connectivity index is 1.37. The number of benzene rings is 2. The van der Waals surface area contributed by atoms with Crippen molar-refractivity contribution in [3.63, 3.8) is 0 Å². The van der Waals surface area contributed by atoms with Gasteiger partial charge in [-0.1, -0.05) is 18.2 Å². The van der Waals surface area contributed by atoms with E-state index in [4.69, 9.17) is 15.5 Å². The number of hydrogen-bond donors (Lipinski definition) is 1. The third kappa shape index (κ3) is 3.93. The number of fused-ring (bicyclic) bond motifs is 1. The molecule has 1 fully saturated rings. The summed E-state index contributed by atoms with van der Waals surface area (Å²) in [5.74, 6) is 0.906. The minimum Gasteiger partial charge on any atom is -0.497 e. The van der Waals surface area contributed by atoms with Crippen molar-refractivity contribution in [1.29, 1.82) is 0 Å². The fourth-order valence-electron chi connectivity index (χ4n) is 3.61. The summed E-state index contributed by atoms with van der Waals surface area (Å²) in [6, 6.07) is 14.6. The number of thiazole rings is 1. The maximum atomic E-state index is 6.50. The molecule has 0 saturated carbocycles. The van der Waals surface area contributed by atoms with Gasteiger partial charge in [0.1, 0.15) is 10.8 Å². The van der Waals surface area contributed by atoms with Gasteiger partial charge >= 0.3 is 0 Å². The molecule has 2 heterocycles. The number of rotatable bonds is 5. The molecule has 27 heavy (non-hydrogen) atoms. The van der Waals surface area contributed by atoms with Gasteiger partial charge in [-0.3, -0.25) is 4.90 Å². The Kier molecular flexibility index (Phi) is 5.29. The number of para-hydroxylation sites is 1. The zero-order chi connectivity index (χ0) is 18.8. The molecule has 1 aliphatic heterocycles. The van der Waals surface area contributed by atoms with E-state index in [2.05, 4.69) is 47.1 Å². The largest absolute Gasteiger partial charge is 0.497 e. The number of nitrogens with zero attached hydrogens (tertiary/aromatic N) is 3. The third-order valence-electron chi connectivity index (χ3n) is 5.20. The molecule has 6 heteroatoms. The van der Waals surface area contributed by atoms with E-state index in [0.29, 0.717) is 0 Å². The van der Waals surface area contributed by atoms with Crippen LogP contribution >= 0.6 is 11.3 Å². The van der Waals surface area contributed by atoms with Gasteiger partial charge in [-0.2, -0.15) is 0 Å². The zero-order valence-electron chi connectivity index (χ0n) is 15.9. The van der Waals surface area contributed by atoms with Gasteiger partial charge in [-0.05, 0) is 30.7 Å². The van der Waals surface area contributed by atoms with Crippen molar-refractivity contribution in [2.75, 3.05) is 44.7 Å². The van der Waals surface area contributed by atoms with Crippen LogP contribution in [0.25, 0.3) is 10.2 Å². The van der Waals surface area contributed by atoms with Gasteiger partial charge in [-0.15, -0.1) is 11.3 Å². The molecule has 4 rings (SSSR count). The second kappa shape index (κ2) is 7.84. The second-order valence-corrected chi connectivity index (χ2v) is 8.13. The van der Waals surface area contributed by atoms with Crippen LogP contribution in [0.4, 0.5) is 5.69 Å². The molecule has 1 unspecified atom stereocenters. The number of anilines is 1. The maximum Gasteiger partial charge on any atom is 0.120 e. The first-order chi connectivity index (χ1) is 13.1. The van der Waals surface area contributed by atoms with Crippen LogP contribution in [0.5, 0.6) is 5.75 Å². The summed E-state index contributed by atoms with van der Waals surface area (Å²) in [6.45, 7) is 6.97. The highest BCUT2D eigenvalue weighted by Crippen LogP contribution is 2.28. The average molecular weight is 383 g/mol. The predicted molar refractivity (Wildman–Crippen MR) is 113 cm³/mol. The standard InChI is InChI=1S/C21H26N4OS/c1-15-5-3-8-19-20(15)23-21(27-19)18(22)14-24-9-11-25(12-10-24)16-6-4-7-17(13-16)26-2/h3-8,13,18H,9-12,14,22H2,1-2H3. The van der Waals surface area contributed by atoms with Crippen molar-refractivity contribution >= 4 is 27.2 Å². The Morgan fingerprint density at radius 1 is 1.15 bits per heavy atom. The summed E-state index contributed by atoms with van der Waals surface area (Å²) in [7, 11) is 1.71. The Labute approximate surface area is 164 Å². The predicted octanol–water partition coefficient (Wildman–Crippen LogP) is 3.44. The van der Waals surface area contributed by atoms with Crippen molar-refractivity contribution in [2.24, 2.45) is 5.73 Å². The summed E-state index contributed by atoms with van der Waals surface area (Å²) in [5, 5.41) is 1.04. The molecular formula is C21H26N4OS. The van der Waals surface area contributed by atoms with E-state index in [1.54, 1.807) is 18.4 Å². The van der Waals surface area contributed by atoms with E-state index in [1.807, 2.05) is 12.1 Å². The van der Waals surface area contributed by atoms with Crippen molar-refractivity contribution in [1.82, 2.24) is 9.88 Å². The molecule has 5 nitrogen and oxygen atoms in total. The topological polar surface area (TPSA) is 54.6 Å². The SMILES string of the molecule is COc1cccc(N2CCN(CC(N)c3nc4c(C)cccc4s3)CC2)c1. The van der Waals surface area contributed by atoms with Crippen LogP contribution in [0.2, 0.25) is 0 Å². The molecule has 0 radical (unpaired) electrons. The minimum atomic E-state index is -0.0369. The lowest BCUT2D eigenvalue weighted by Crippen LogP contribution is -2.48. The lowest BCUT2D eigenvalue weighted by molar-refractivity contribution is 0.243. The number of aryl methyl sites for hydroxylation is 1. The molecule has 1 atom stereocenters. The fraction of sp³-hybridized carbons (Fsp3) is 0.381. The molecule has 1 saturated heterocycles. The van der Waals surface area contributed by atoms with Gasteiger partial charge in [0.05, 0.1) is 23.4 Å².